The number of aromatic amines is 1. The Hall–Kier alpha value is -2.34. The number of benzene rings is 1. The Morgan fingerprint density at radius 1 is 1.13 bits per heavy atom. The van der Waals surface area contributed by atoms with Crippen LogP contribution in [-0.2, 0) is 5.75 Å². The Kier molecular flexibility index (Phi) is 4.62. The molecule has 0 aliphatic heterocycles. The second-order valence-corrected chi connectivity index (χ2v) is 6.23. The largest absolute Gasteiger partial charge is 0.496 e. The molecule has 3 rings (SSSR count). The van der Waals surface area contributed by atoms with Crippen LogP contribution in [0.15, 0.2) is 41.7 Å². The predicted molar refractivity (Wildman–Crippen MR) is 91.6 cm³/mol. The first-order valence-electron chi connectivity index (χ1n) is 7.27. The van der Waals surface area contributed by atoms with Gasteiger partial charge in [-0.15, -0.1) is 5.10 Å². The summed E-state index contributed by atoms with van der Waals surface area (Å²) >= 11 is 1.55. The molecule has 0 bridgehead atoms. The van der Waals surface area contributed by atoms with Crippen LogP contribution in [0.5, 0.6) is 5.75 Å². The van der Waals surface area contributed by atoms with Crippen LogP contribution < -0.4 is 4.74 Å². The van der Waals surface area contributed by atoms with Gasteiger partial charge in [0.15, 0.2) is 5.82 Å². The van der Waals surface area contributed by atoms with E-state index in [1.807, 2.05) is 44.3 Å². The second-order valence-electron chi connectivity index (χ2n) is 5.29. The molecule has 0 amide bonds. The molecular formula is C17H18N4OS. The molecule has 3 aromatic rings. The topological polar surface area (TPSA) is 63.7 Å². The van der Waals surface area contributed by atoms with E-state index >= 15 is 0 Å². The van der Waals surface area contributed by atoms with Crippen LogP contribution in [0, 0.1) is 13.8 Å². The third-order valence-electron chi connectivity index (χ3n) is 3.40. The molecule has 5 nitrogen and oxygen atoms in total. The van der Waals surface area contributed by atoms with E-state index in [1.165, 1.54) is 0 Å². The molecule has 0 radical (unpaired) electrons. The Labute approximate surface area is 139 Å². The standard InChI is InChI=1S/C17H18N4OS/c1-11-5-7-14(15(8-11)22-3)16-19-17(21-20-16)23-10-13-6-4-12(2)9-18-13/h4-9H,10H2,1-3H3,(H,19,20,21). The first-order chi connectivity index (χ1) is 11.2. The fourth-order valence-corrected chi connectivity index (χ4v) is 2.86. The molecule has 0 spiro atoms. The Morgan fingerprint density at radius 3 is 2.70 bits per heavy atom. The molecule has 2 heterocycles. The molecule has 23 heavy (non-hydrogen) atoms. The van der Waals surface area contributed by atoms with E-state index in [0.717, 1.165) is 33.9 Å². The highest BCUT2D eigenvalue weighted by Gasteiger charge is 2.11. The van der Waals surface area contributed by atoms with Crippen LogP contribution in [0.25, 0.3) is 11.4 Å². The predicted octanol–water partition coefficient (Wildman–Crippen LogP) is 3.78. The third kappa shape index (κ3) is 3.71. The lowest BCUT2D eigenvalue weighted by Crippen LogP contribution is -1.90. The summed E-state index contributed by atoms with van der Waals surface area (Å²) in [6.07, 6.45) is 1.87. The van der Waals surface area contributed by atoms with E-state index in [-0.39, 0.29) is 0 Å². The number of nitrogens with one attached hydrogen (secondary N) is 1. The van der Waals surface area contributed by atoms with Crippen molar-refractivity contribution in [2.45, 2.75) is 24.8 Å². The van der Waals surface area contributed by atoms with Gasteiger partial charge in [-0.25, -0.2) is 4.98 Å². The van der Waals surface area contributed by atoms with E-state index < -0.39 is 0 Å². The highest BCUT2D eigenvalue weighted by Crippen LogP contribution is 2.29. The number of pyridine rings is 1. The summed E-state index contributed by atoms with van der Waals surface area (Å²) in [6.45, 7) is 4.06. The van der Waals surface area contributed by atoms with Gasteiger partial charge in [0.05, 0.1) is 18.4 Å². The lowest BCUT2D eigenvalue weighted by molar-refractivity contribution is 0.416. The minimum atomic E-state index is 0.699. The van der Waals surface area contributed by atoms with Gasteiger partial charge in [-0.1, -0.05) is 23.9 Å². The van der Waals surface area contributed by atoms with Gasteiger partial charge in [-0.2, -0.15) is 0 Å². The Morgan fingerprint density at radius 2 is 1.96 bits per heavy atom. The number of hydrogen-bond donors (Lipinski definition) is 1. The number of aromatic nitrogens is 4. The number of methoxy groups -OCH3 is 1. The molecule has 118 valence electrons. The second kappa shape index (κ2) is 6.83. The monoisotopic (exact) mass is 326 g/mol. The molecule has 0 atom stereocenters. The fraction of sp³-hybridized carbons (Fsp3) is 0.235. The van der Waals surface area contributed by atoms with Crippen LogP contribution in [0.3, 0.4) is 0 Å². The zero-order valence-corrected chi connectivity index (χ0v) is 14.1. The SMILES string of the molecule is COc1cc(C)ccc1-c1nc(SCc2ccc(C)cn2)n[nH]1. The smallest absolute Gasteiger partial charge is 0.209 e. The summed E-state index contributed by atoms with van der Waals surface area (Å²) < 4.78 is 5.43. The minimum Gasteiger partial charge on any atom is -0.496 e. The number of hydrogen-bond acceptors (Lipinski definition) is 5. The third-order valence-corrected chi connectivity index (χ3v) is 4.28. The highest BCUT2D eigenvalue weighted by atomic mass is 32.2. The Balaban J connectivity index is 1.74. The molecule has 6 heteroatoms. The first kappa shape index (κ1) is 15.6. The summed E-state index contributed by atoms with van der Waals surface area (Å²) in [5.41, 5.74) is 4.22. The number of thioether (sulfide) groups is 1. The molecule has 2 aromatic heterocycles. The van der Waals surface area contributed by atoms with Crippen LogP contribution in [0.2, 0.25) is 0 Å². The van der Waals surface area contributed by atoms with Crippen molar-refractivity contribution in [1.29, 1.82) is 0 Å². The van der Waals surface area contributed by atoms with Crippen molar-refractivity contribution in [2.24, 2.45) is 0 Å². The number of ether oxygens (including phenoxy) is 1. The van der Waals surface area contributed by atoms with E-state index in [2.05, 4.69) is 26.2 Å². The number of rotatable bonds is 5. The lowest BCUT2D eigenvalue weighted by Gasteiger charge is -2.06. The van der Waals surface area contributed by atoms with Gasteiger partial charge in [-0.05, 0) is 43.2 Å². The van der Waals surface area contributed by atoms with Gasteiger partial charge in [0.25, 0.3) is 0 Å². The van der Waals surface area contributed by atoms with Crippen LogP contribution in [-0.4, -0.2) is 27.3 Å². The summed E-state index contributed by atoms with van der Waals surface area (Å²) in [6, 6.07) is 10.1. The van der Waals surface area contributed by atoms with Crippen molar-refractivity contribution in [1.82, 2.24) is 20.2 Å². The van der Waals surface area contributed by atoms with Crippen LogP contribution >= 0.6 is 11.8 Å². The maximum absolute atomic E-state index is 5.43. The average Bonchev–Trinajstić information content (AvgIpc) is 3.03. The van der Waals surface area contributed by atoms with Gasteiger partial charge >= 0.3 is 0 Å². The lowest BCUT2D eigenvalue weighted by atomic mass is 10.1. The molecule has 0 aliphatic rings. The van der Waals surface area contributed by atoms with Gasteiger partial charge in [0, 0.05) is 11.9 Å². The quantitative estimate of drug-likeness (QED) is 0.723. The number of aryl methyl sites for hydroxylation is 2. The van der Waals surface area contributed by atoms with Crippen molar-refractivity contribution >= 4 is 11.8 Å². The van der Waals surface area contributed by atoms with E-state index in [4.69, 9.17) is 4.74 Å². The van der Waals surface area contributed by atoms with Gasteiger partial charge in [0.1, 0.15) is 5.75 Å². The zero-order chi connectivity index (χ0) is 16.2. The van der Waals surface area contributed by atoms with E-state index in [9.17, 15) is 0 Å². The molecule has 0 saturated carbocycles. The Bertz CT molecular complexity index is 799. The zero-order valence-electron chi connectivity index (χ0n) is 13.3. The summed E-state index contributed by atoms with van der Waals surface area (Å²) in [5.74, 6) is 2.24. The highest BCUT2D eigenvalue weighted by molar-refractivity contribution is 7.98. The van der Waals surface area contributed by atoms with E-state index in [0.29, 0.717) is 11.0 Å². The number of H-pyrrole nitrogens is 1. The van der Waals surface area contributed by atoms with Gasteiger partial charge < -0.3 is 4.74 Å². The normalized spacial score (nSPS) is 10.7. The van der Waals surface area contributed by atoms with Gasteiger partial charge in [-0.3, -0.25) is 10.1 Å². The molecule has 0 aliphatic carbocycles. The minimum absolute atomic E-state index is 0.699. The van der Waals surface area contributed by atoms with Crippen molar-refractivity contribution in [2.75, 3.05) is 7.11 Å². The van der Waals surface area contributed by atoms with Crippen LogP contribution in [0.1, 0.15) is 16.8 Å². The summed E-state index contributed by atoms with van der Waals surface area (Å²) in [7, 11) is 1.66. The fourth-order valence-electron chi connectivity index (χ4n) is 2.15. The van der Waals surface area contributed by atoms with Crippen molar-refractivity contribution < 1.29 is 4.74 Å². The van der Waals surface area contributed by atoms with Gasteiger partial charge in [0.2, 0.25) is 5.16 Å². The molecule has 0 saturated heterocycles. The molecule has 0 unspecified atom stereocenters. The van der Waals surface area contributed by atoms with Crippen molar-refractivity contribution in [3.8, 4) is 17.1 Å². The van der Waals surface area contributed by atoms with Crippen molar-refractivity contribution in [3.63, 3.8) is 0 Å². The number of nitrogens with zero attached hydrogens (tertiary/aromatic N) is 3. The maximum atomic E-state index is 5.43. The summed E-state index contributed by atoms with van der Waals surface area (Å²) in [5, 5.41) is 7.94. The van der Waals surface area contributed by atoms with E-state index in [1.54, 1.807) is 18.9 Å². The average molecular weight is 326 g/mol. The maximum Gasteiger partial charge on any atom is 0.209 e. The molecule has 1 N–H and O–H groups in total. The molecule has 1 aromatic carbocycles. The molecule has 0 fully saturated rings. The molecular weight excluding hydrogens is 308 g/mol. The van der Waals surface area contributed by atoms with Crippen molar-refractivity contribution in [3.05, 3.63) is 53.3 Å². The summed E-state index contributed by atoms with van der Waals surface area (Å²) in [4.78, 5) is 8.93. The first-order valence-corrected chi connectivity index (χ1v) is 8.26. The van der Waals surface area contributed by atoms with Crippen LogP contribution in [0.4, 0.5) is 0 Å².